The average molecular weight is 216 g/mol. The first kappa shape index (κ1) is 8.08. The number of methoxy groups -OCH3 is 1. The SMILES string of the molecule is COC1=N[C@]2(C)[C@@H]3[C@@H]4[C@@H]5[C@H]3[C@@]1(C#N)[C@@H]5O[C@@H]42. The molecule has 0 aromatic rings. The Hall–Kier alpha value is -1.08. The molecule has 2 aliphatic heterocycles. The summed E-state index contributed by atoms with van der Waals surface area (Å²) in [5, 5.41) is 9.53. The number of aliphatic imine (C=N–C) groups is 1. The number of rotatable bonds is 0. The van der Waals surface area contributed by atoms with Gasteiger partial charge in [0.05, 0.1) is 30.9 Å². The zero-order valence-electron chi connectivity index (χ0n) is 9.18. The van der Waals surface area contributed by atoms with Gasteiger partial charge in [0.1, 0.15) is 0 Å². The van der Waals surface area contributed by atoms with Gasteiger partial charge in [-0.3, -0.25) is 0 Å². The van der Waals surface area contributed by atoms with E-state index in [4.69, 9.17) is 14.5 Å². The first-order valence-electron chi connectivity index (χ1n) is 5.91. The fourth-order valence-corrected chi connectivity index (χ4v) is 5.47. The van der Waals surface area contributed by atoms with E-state index in [1.54, 1.807) is 7.11 Å². The van der Waals surface area contributed by atoms with Crippen molar-refractivity contribution in [2.75, 3.05) is 7.11 Å². The summed E-state index contributed by atoms with van der Waals surface area (Å²) in [6.07, 6.45) is 0.323. The zero-order chi connectivity index (χ0) is 10.9. The van der Waals surface area contributed by atoms with E-state index in [1.807, 2.05) is 0 Å². The number of hydrogen-bond donors (Lipinski definition) is 0. The van der Waals surface area contributed by atoms with Gasteiger partial charge in [0, 0.05) is 5.92 Å². The van der Waals surface area contributed by atoms with E-state index in [0.29, 0.717) is 29.6 Å². The second kappa shape index (κ2) is 1.80. The van der Waals surface area contributed by atoms with Crippen molar-refractivity contribution in [2.24, 2.45) is 34.1 Å². The van der Waals surface area contributed by atoms with Crippen molar-refractivity contribution in [2.45, 2.75) is 24.7 Å². The van der Waals surface area contributed by atoms with E-state index in [0.717, 1.165) is 0 Å². The Morgan fingerprint density at radius 3 is 2.81 bits per heavy atom. The quantitative estimate of drug-likeness (QED) is 0.595. The molecule has 0 amide bonds. The van der Waals surface area contributed by atoms with Gasteiger partial charge < -0.3 is 9.47 Å². The summed E-state index contributed by atoms with van der Waals surface area (Å²) < 4.78 is 11.5. The van der Waals surface area contributed by atoms with Gasteiger partial charge in [-0.25, -0.2) is 4.99 Å². The maximum Gasteiger partial charge on any atom is 0.207 e. The van der Waals surface area contributed by atoms with Gasteiger partial charge in [-0.15, -0.1) is 0 Å². The van der Waals surface area contributed by atoms with Crippen molar-refractivity contribution in [3.05, 3.63) is 0 Å². The molecule has 3 saturated carbocycles. The molecule has 3 aliphatic carbocycles. The molecule has 0 aromatic carbocycles. The first-order chi connectivity index (χ1) is 7.70. The smallest absolute Gasteiger partial charge is 0.207 e. The van der Waals surface area contributed by atoms with Crippen molar-refractivity contribution < 1.29 is 9.47 Å². The molecule has 0 bridgehead atoms. The van der Waals surface area contributed by atoms with Crippen LogP contribution >= 0.6 is 0 Å². The molecule has 0 unspecified atom stereocenters. The molecule has 0 aromatic heterocycles. The Morgan fingerprint density at radius 1 is 1.38 bits per heavy atom. The molecule has 4 nitrogen and oxygen atoms in total. The fourth-order valence-electron chi connectivity index (χ4n) is 5.47. The largest absolute Gasteiger partial charge is 0.483 e. The molecule has 0 radical (unpaired) electrons. The lowest BCUT2D eigenvalue weighted by Gasteiger charge is -2.75. The first-order valence-corrected chi connectivity index (χ1v) is 5.91. The van der Waals surface area contributed by atoms with Crippen LogP contribution in [0.4, 0.5) is 0 Å². The van der Waals surface area contributed by atoms with E-state index in [-0.39, 0.29) is 17.7 Å². The summed E-state index contributed by atoms with van der Waals surface area (Å²) in [6.45, 7) is 2.16. The second-order valence-electron chi connectivity index (χ2n) is 6.01. The molecule has 4 fully saturated rings. The minimum atomic E-state index is -0.536. The second-order valence-corrected chi connectivity index (χ2v) is 6.01. The standard InChI is InChI=1S/C12H12N2O2/c1-11-6-4-5-7(6)12(3-13,10(14-11)15-2)9(5)16-8(4)11/h4-9H,1-2H3/t4-,5+,6+,7+,8-,9+,11+,12-/m0/s1. The van der Waals surface area contributed by atoms with Crippen molar-refractivity contribution in [1.82, 2.24) is 0 Å². The molecule has 2 heterocycles. The van der Waals surface area contributed by atoms with Gasteiger partial charge in [0.15, 0.2) is 5.41 Å². The highest BCUT2D eigenvalue weighted by molar-refractivity contribution is 5.91. The molecule has 5 rings (SSSR count). The molecular weight excluding hydrogens is 204 g/mol. The van der Waals surface area contributed by atoms with Gasteiger partial charge in [-0.05, 0) is 24.7 Å². The molecule has 8 atom stereocenters. The van der Waals surface area contributed by atoms with Crippen LogP contribution in [0.3, 0.4) is 0 Å². The maximum absolute atomic E-state index is 9.53. The Balaban J connectivity index is 1.83. The van der Waals surface area contributed by atoms with Crippen LogP contribution in [0.5, 0.6) is 0 Å². The maximum atomic E-state index is 9.53. The molecule has 0 N–H and O–H groups in total. The van der Waals surface area contributed by atoms with Crippen LogP contribution in [0, 0.1) is 40.4 Å². The molecule has 0 spiro atoms. The summed E-state index contributed by atoms with van der Waals surface area (Å²) >= 11 is 0. The molecule has 4 heteroatoms. The Bertz CT molecular complexity index is 510. The minimum Gasteiger partial charge on any atom is -0.483 e. The van der Waals surface area contributed by atoms with E-state index in [1.165, 1.54) is 0 Å². The highest BCUT2D eigenvalue weighted by Gasteiger charge is 2.93. The lowest BCUT2D eigenvalue weighted by molar-refractivity contribution is -0.236. The third-order valence-electron chi connectivity index (χ3n) is 5.95. The normalized spacial score (nSPS) is 70.4. The average Bonchev–Trinajstić information content (AvgIpc) is 2.39. The lowest BCUT2D eigenvalue weighted by atomic mass is 9.26. The third kappa shape index (κ3) is 0.410. The molecule has 16 heavy (non-hydrogen) atoms. The topological polar surface area (TPSA) is 54.6 Å². The van der Waals surface area contributed by atoms with E-state index < -0.39 is 5.41 Å². The van der Waals surface area contributed by atoms with E-state index in [9.17, 15) is 5.26 Å². The van der Waals surface area contributed by atoms with Crippen LogP contribution in [-0.2, 0) is 9.47 Å². The highest BCUT2D eigenvalue weighted by Crippen LogP contribution is 2.84. The molecule has 1 saturated heterocycles. The summed E-state index contributed by atoms with van der Waals surface area (Å²) in [7, 11) is 1.63. The number of nitrogens with zero attached hydrogens (tertiary/aromatic N) is 2. The van der Waals surface area contributed by atoms with Crippen molar-refractivity contribution in [1.29, 1.82) is 5.26 Å². The lowest BCUT2D eigenvalue weighted by Crippen LogP contribution is -2.84. The predicted octanol–water partition coefficient (Wildman–Crippen LogP) is 0.587. The van der Waals surface area contributed by atoms with Gasteiger partial charge in [-0.2, -0.15) is 5.26 Å². The van der Waals surface area contributed by atoms with Gasteiger partial charge in [-0.1, -0.05) is 0 Å². The van der Waals surface area contributed by atoms with Gasteiger partial charge in [0.2, 0.25) is 5.90 Å². The fraction of sp³-hybridized carbons (Fsp3) is 0.833. The predicted molar refractivity (Wildman–Crippen MR) is 53.5 cm³/mol. The zero-order valence-corrected chi connectivity index (χ0v) is 9.18. The third-order valence-corrected chi connectivity index (χ3v) is 5.95. The van der Waals surface area contributed by atoms with Crippen molar-refractivity contribution in [3.8, 4) is 6.07 Å². The number of hydrogen-bond acceptors (Lipinski definition) is 4. The van der Waals surface area contributed by atoms with Gasteiger partial charge >= 0.3 is 0 Å². The Kier molecular flexibility index (Phi) is 0.909. The van der Waals surface area contributed by atoms with Crippen LogP contribution in [0.15, 0.2) is 4.99 Å². The Labute approximate surface area is 93.2 Å². The van der Waals surface area contributed by atoms with Crippen LogP contribution in [0.2, 0.25) is 0 Å². The highest BCUT2D eigenvalue weighted by atomic mass is 16.5. The van der Waals surface area contributed by atoms with Crippen molar-refractivity contribution in [3.63, 3.8) is 0 Å². The molecule has 5 aliphatic rings. The Morgan fingerprint density at radius 2 is 2.12 bits per heavy atom. The number of ether oxygens (including phenoxy) is 2. The van der Waals surface area contributed by atoms with E-state index in [2.05, 4.69) is 13.0 Å². The van der Waals surface area contributed by atoms with E-state index >= 15 is 0 Å². The van der Waals surface area contributed by atoms with Gasteiger partial charge in [0.25, 0.3) is 0 Å². The summed E-state index contributed by atoms with van der Waals surface area (Å²) in [5.74, 6) is 3.01. The summed E-state index contributed by atoms with van der Waals surface area (Å²) in [4.78, 5) is 4.71. The number of nitriles is 1. The molecular formula is C12H12N2O2. The van der Waals surface area contributed by atoms with Crippen molar-refractivity contribution >= 4 is 5.90 Å². The van der Waals surface area contributed by atoms with Crippen LogP contribution in [-0.4, -0.2) is 30.8 Å². The number of fused-ring (bicyclic) bond motifs is 2. The van der Waals surface area contributed by atoms with Crippen LogP contribution in [0.1, 0.15) is 6.92 Å². The minimum absolute atomic E-state index is 0.0665. The monoisotopic (exact) mass is 216 g/mol. The summed E-state index contributed by atoms with van der Waals surface area (Å²) in [5.41, 5.74) is -0.631. The summed E-state index contributed by atoms with van der Waals surface area (Å²) in [6, 6.07) is 2.46. The van der Waals surface area contributed by atoms with Crippen LogP contribution in [0.25, 0.3) is 0 Å². The van der Waals surface area contributed by atoms with Crippen LogP contribution < -0.4 is 0 Å². The molecule has 82 valence electrons.